The summed E-state index contributed by atoms with van der Waals surface area (Å²) in [5.74, 6) is 6.62. The number of nitrogens with one attached hydrogen (secondary N) is 1. The lowest BCUT2D eigenvalue weighted by Gasteiger charge is -2.19. The summed E-state index contributed by atoms with van der Waals surface area (Å²) in [7, 11) is 1.86. The lowest BCUT2D eigenvalue weighted by molar-refractivity contribution is 1.11. The molecule has 2 aromatic rings. The lowest BCUT2D eigenvalue weighted by atomic mass is 10.2. The Morgan fingerprint density at radius 3 is 2.72 bits per heavy atom. The van der Waals surface area contributed by atoms with Crippen molar-refractivity contribution < 1.29 is 0 Å². The number of nitrogens with zero attached hydrogens (tertiary/aromatic N) is 3. The molecule has 0 unspecified atom stereocenters. The van der Waals surface area contributed by atoms with E-state index in [-0.39, 0.29) is 0 Å². The van der Waals surface area contributed by atoms with E-state index in [9.17, 15) is 0 Å². The Morgan fingerprint density at radius 1 is 1.22 bits per heavy atom. The number of anilines is 3. The predicted octanol–water partition coefficient (Wildman–Crippen LogP) is 2.01. The first-order valence-electron chi connectivity index (χ1n) is 5.43. The van der Waals surface area contributed by atoms with Gasteiger partial charge < -0.3 is 10.3 Å². The maximum atomic E-state index is 9.09. The molecule has 0 atom stereocenters. The first kappa shape index (κ1) is 11.9. The van der Waals surface area contributed by atoms with Crippen molar-refractivity contribution in [3.8, 4) is 6.07 Å². The molecule has 0 saturated carbocycles. The minimum absolute atomic E-state index is 0.578. The van der Waals surface area contributed by atoms with Gasteiger partial charge in [-0.15, -0.1) is 0 Å². The summed E-state index contributed by atoms with van der Waals surface area (Å²) in [5.41, 5.74) is 3.91. The van der Waals surface area contributed by atoms with E-state index in [1.807, 2.05) is 42.3 Å². The topological polar surface area (TPSA) is 78.0 Å². The van der Waals surface area contributed by atoms with E-state index in [1.165, 1.54) is 0 Å². The van der Waals surface area contributed by atoms with Crippen molar-refractivity contribution in [1.82, 2.24) is 4.98 Å². The van der Waals surface area contributed by atoms with Gasteiger partial charge in [0.05, 0.1) is 11.3 Å². The maximum Gasteiger partial charge on any atom is 0.142 e. The second-order valence-electron chi connectivity index (χ2n) is 3.71. The maximum absolute atomic E-state index is 9.09. The summed E-state index contributed by atoms with van der Waals surface area (Å²) >= 11 is 0. The molecule has 90 valence electrons. The number of hydrazine groups is 1. The number of aromatic nitrogens is 1. The fourth-order valence-electron chi connectivity index (χ4n) is 1.67. The Balaban J connectivity index is 2.41. The van der Waals surface area contributed by atoms with Crippen LogP contribution >= 0.6 is 0 Å². The molecule has 0 spiro atoms. The zero-order valence-electron chi connectivity index (χ0n) is 9.96. The number of nitrogens with two attached hydrogens (primary N) is 1. The van der Waals surface area contributed by atoms with Gasteiger partial charge in [0, 0.05) is 7.05 Å². The summed E-state index contributed by atoms with van der Waals surface area (Å²) in [5, 5.41) is 9.09. The van der Waals surface area contributed by atoms with E-state index >= 15 is 0 Å². The molecule has 1 aromatic carbocycles. The molecule has 3 N–H and O–H groups in total. The highest BCUT2D eigenvalue weighted by Crippen LogP contribution is 2.25. The van der Waals surface area contributed by atoms with Gasteiger partial charge in [-0.2, -0.15) is 5.26 Å². The van der Waals surface area contributed by atoms with Gasteiger partial charge in [0.25, 0.3) is 0 Å². The number of para-hydroxylation sites is 1. The molecule has 18 heavy (non-hydrogen) atoms. The van der Waals surface area contributed by atoms with Gasteiger partial charge in [-0.05, 0) is 24.3 Å². The zero-order valence-corrected chi connectivity index (χ0v) is 9.96. The molecule has 0 radical (unpaired) electrons. The van der Waals surface area contributed by atoms with Crippen LogP contribution in [0.25, 0.3) is 0 Å². The third-order valence-electron chi connectivity index (χ3n) is 2.61. The van der Waals surface area contributed by atoms with Gasteiger partial charge in [-0.3, -0.25) is 0 Å². The fraction of sp³-hybridized carbons (Fsp3) is 0.0769. The van der Waals surface area contributed by atoms with Crippen molar-refractivity contribution >= 4 is 17.3 Å². The second kappa shape index (κ2) is 5.17. The Hall–Kier alpha value is -2.58. The van der Waals surface area contributed by atoms with Crippen LogP contribution in [0.5, 0.6) is 0 Å². The first-order chi connectivity index (χ1) is 8.76. The first-order valence-corrected chi connectivity index (χ1v) is 5.43. The van der Waals surface area contributed by atoms with E-state index in [0.29, 0.717) is 17.2 Å². The van der Waals surface area contributed by atoms with E-state index in [4.69, 9.17) is 11.1 Å². The third-order valence-corrected chi connectivity index (χ3v) is 2.61. The highest BCUT2D eigenvalue weighted by atomic mass is 15.3. The number of benzene rings is 1. The van der Waals surface area contributed by atoms with Gasteiger partial charge >= 0.3 is 0 Å². The fourth-order valence-corrected chi connectivity index (χ4v) is 1.67. The third kappa shape index (κ3) is 2.24. The smallest absolute Gasteiger partial charge is 0.142 e. The van der Waals surface area contributed by atoms with Crippen molar-refractivity contribution in [3.63, 3.8) is 0 Å². The van der Waals surface area contributed by atoms with E-state index < -0.39 is 0 Å². The van der Waals surface area contributed by atoms with Gasteiger partial charge in [0.2, 0.25) is 0 Å². The Bertz CT molecular complexity index is 588. The highest BCUT2D eigenvalue weighted by molar-refractivity contribution is 5.67. The number of rotatable bonds is 3. The average Bonchev–Trinajstić information content (AvgIpc) is 2.46. The molecule has 0 saturated heterocycles. The number of nitriles is 1. The van der Waals surface area contributed by atoms with Crippen LogP contribution in [0, 0.1) is 11.3 Å². The largest absolute Gasteiger partial charge is 0.328 e. The van der Waals surface area contributed by atoms with Gasteiger partial charge in [-0.25, -0.2) is 10.8 Å². The van der Waals surface area contributed by atoms with Crippen molar-refractivity contribution in [3.05, 3.63) is 48.0 Å². The molecule has 0 amide bonds. The molecule has 5 heteroatoms. The molecule has 0 bridgehead atoms. The molecular weight excluding hydrogens is 226 g/mol. The minimum atomic E-state index is 0.578. The van der Waals surface area contributed by atoms with Crippen LogP contribution in [-0.2, 0) is 0 Å². The quantitative estimate of drug-likeness (QED) is 0.632. The van der Waals surface area contributed by atoms with Crippen molar-refractivity contribution in [2.24, 2.45) is 5.84 Å². The van der Waals surface area contributed by atoms with Gasteiger partial charge in [0.15, 0.2) is 0 Å². The molecule has 2 rings (SSSR count). The van der Waals surface area contributed by atoms with E-state index in [2.05, 4.69) is 16.5 Å². The highest BCUT2D eigenvalue weighted by Gasteiger charge is 2.09. The summed E-state index contributed by atoms with van der Waals surface area (Å²) in [6.45, 7) is 0. The van der Waals surface area contributed by atoms with E-state index in [0.717, 1.165) is 5.69 Å². The number of nitrogen functional groups attached to an aromatic ring is 1. The summed E-state index contributed by atoms with van der Waals surface area (Å²) in [6.07, 6.45) is 0. The van der Waals surface area contributed by atoms with Crippen LogP contribution in [0.3, 0.4) is 0 Å². The van der Waals surface area contributed by atoms with Crippen LogP contribution in [0.1, 0.15) is 5.56 Å². The SMILES string of the molecule is CN(c1cccc(NN)n1)c1ccccc1C#N. The summed E-state index contributed by atoms with van der Waals surface area (Å²) < 4.78 is 0. The van der Waals surface area contributed by atoms with Crippen molar-refractivity contribution in [2.45, 2.75) is 0 Å². The van der Waals surface area contributed by atoms with Gasteiger partial charge in [-0.1, -0.05) is 18.2 Å². The van der Waals surface area contributed by atoms with Crippen molar-refractivity contribution in [2.75, 3.05) is 17.4 Å². The standard InChI is InChI=1S/C13H13N5/c1-18(11-6-3-2-5-10(11)9-14)13-8-4-7-12(16-13)17-15/h2-8H,15H2,1H3,(H,16,17). The summed E-state index contributed by atoms with van der Waals surface area (Å²) in [6, 6.07) is 15.0. The molecule has 0 aliphatic carbocycles. The van der Waals surface area contributed by atoms with Crippen LogP contribution in [0.4, 0.5) is 17.3 Å². The van der Waals surface area contributed by atoms with E-state index in [1.54, 1.807) is 12.1 Å². The van der Waals surface area contributed by atoms with Crippen LogP contribution in [0.15, 0.2) is 42.5 Å². The van der Waals surface area contributed by atoms with Crippen LogP contribution < -0.4 is 16.2 Å². The number of pyridine rings is 1. The molecule has 0 fully saturated rings. The summed E-state index contributed by atoms with van der Waals surface area (Å²) in [4.78, 5) is 6.17. The Kier molecular flexibility index (Phi) is 3.41. The monoisotopic (exact) mass is 239 g/mol. The molecular formula is C13H13N5. The van der Waals surface area contributed by atoms with Crippen LogP contribution in [0.2, 0.25) is 0 Å². The molecule has 0 aliphatic heterocycles. The Morgan fingerprint density at radius 2 is 2.00 bits per heavy atom. The second-order valence-corrected chi connectivity index (χ2v) is 3.71. The molecule has 0 aliphatic rings. The minimum Gasteiger partial charge on any atom is -0.328 e. The molecule has 5 nitrogen and oxygen atoms in total. The zero-order chi connectivity index (χ0) is 13.0. The normalized spacial score (nSPS) is 9.61. The van der Waals surface area contributed by atoms with Crippen LogP contribution in [-0.4, -0.2) is 12.0 Å². The average molecular weight is 239 g/mol. The van der Waals surface area contributed by atoms with Crippen molar-refractivity contribution in [1.29, 1.82) is 5.26 Å². The van der Waals surface area contributed by atoms with Gasteiger partial charge in [0.1, 0.15) is 17.7 Å². The molecule has 1 aromatic heterocycles. The number of hydrogen-bond donors (Lipinski definition) is 2. The predicted molar refractivity (Wildman–Crippen MR) is 71.3 cm³/mol. The Labute approximate surface area is 105 Å². The lowest BCUT2D eigenvalue weighted by Crippen LogP contribution is -2.15. The number of hydrogen-bond acceptors (Lipinski definition) is 5. The molecule has 1 heterocycles.